The molecule has 2 aromatic heterocycles. The molecule has 3 heterocycles. The third-order valence-corrected chi connectivity index (χ3v) is 4.65. The lowest BCUT2D eigenvalue weighted by Gasteiger charge is -2.39. The van der Waals surface area contributed by atoms with Crippen molar-refractivity contribution in [3.63, 3.8) is 0 Å². The van der Waals surface area contributed by atoms with Gasteiger partial charge in [-0.25, -0.2) is 18.4 Å². The highest BCUT2D eigenvalue weighted by Crippen LogP contribution is 2.42. The zero-order valence-corrected chi connectivity index (χ0v) is 16.5. The molecule has 0 aliphatic carbocycles. The Kier molecular flexibility index (Phi) is 6.88. The van der Waals surface area contributed by atoms with Crippen molar-refractivity contribution in [1.82, 2.24) is 24.6 Å². The molecule has 1 unspecified atom stereocenters. The normalized spacial score (nSPS) is 19.5. The molecule has 7 nitrogen and oxygen atoms in total. The van der Waals surface area contributed by atoms with Gasteiger partial charge in [-0.1, -0.05) is 6.07 Å². The molecule has 1 atom stereocenters. The van der Waals surface area contributed by atoms with Crippen molar-refractivity contribution in [3.8, 4) is 0 Å². The quantitative estimate of drug-likeness (QED) is 0.689. The second kappa shape index (κ2) is 8.84. The predicted octanol–water partition coefficient (Wildman–Crippen LogP) is 2.48. The number of alkyl halides is 3. The third kappa shape index (κ3) is 3.90. The highest BCUT2D eigenvalue weighted by molar-refractivity contribution is 5.85. The first-order valence-electron chi connectivity index (χ1n) is 8.51. The van der Waals surface area contributed by atoms with Crippen LogP contribution < -0.4 is 16.7 Å². The van der Waals surface area contributed by atoms with E-state index in [4.69, 9.17) is 5.73 Å². The smallest absolute Gasteiger partial charge is 0.357 e. The Labute approximate surface area is 175 Å². The summed E-state index contributed by atoms with van der Waals surface area (Å²) in [5, 5.41) is 6.04. The number of allylic oxidation sites excluding steroid dienone is 2. The van der Waals surface area contributed by atoms with Gasteiger partial charge in [0.15, 0.2) is 0 Å². The molecular weight excluding hydrogens is 428 g/mol. The van der Waals surface area contributed by atoms with Crippen LogP contribution in [0.1, 0.15) is 12.5 Å². The summed E-state index contributed by atoms with van der Waals surface area (Å²) >= 11 is 0. The van der Waals surface area contributed by atoms with Gasteiger partial charge < -0.3 is 11.1 Å². The fraction of sp³-hybridized carbons (Fsp3) is 0.278. The van der Waals surface area contributed by atoms with Crippen LogP contribution >= 0.6 is 12.4 Å². The molecule has 3 rings (SSSR count). The standard InChI is InChI=1S/C18H18F4N6O.ClH/c1-12-5-15(14-3-2-4-24-8-14)9-25-17(12,18(20,21)22)27-11-26-28(16(27)29)10-13(6-19)7-23;/h2-6,8-9,11,25H,7,10,23H2,1H3;1H/b13-6+;. The lowest BCUT2D eigenvalue weighted by molar-refractivity contribution is -0.210. The molecule has 30 heavy (non-hydrogen) atoms. The third-order valence-electron chi connectivity index (χ3n) is 4.65. The first kappa shape index (κ1) is 23.4. The van der Waals surface area contributed by atoms with E-state index in [9.17, 15) is 22.4 Å². The van der Waals surface area contributed by atoms with Crippen LogP contribution in [0.4, 0.5) is 17.6 Å². The fourth-order valence-electron chi connectivity index (χ4n) is 3.09. The highest BCUT2D eigenvalue weighted by Gasteiger charge is 2.59. The van der Waals surface area contributed by atoms with Gasteiger partial charge >= 0.3 is 11.9 Å². The van der Waals surface area contributed by atoms with Crippen LogP contribution in [0.2, 0.25) is 0 Å². The lowest BCUT2D eigenvalue weighted by atomic mass is 9.92. The Morgan fingerprint density at radius 3 is 2.67 bits per heavy atom. The van der Waals surface area contributed by atoms with E-state index in [1.54, 1.807) is 18.3 Å². The Balaban J connectivity index is 0.00000320. The topological polar surface area (TPSA) is 90.8 Å². The highest BCUT2D eigenvalue weighted by atomic mass is 35.5. The lowest BCUT2D eigenvalue weighted by Crippen LogP contribution is -2.61. The van der Waals surface area contributed by atoms with Crippen LogP contribution in [-0.2, 0) is 12.2 Å². The van der Waals surface area contributed by atoms with Gasteiger partial charge in [0.1, 0.15) is 6.33 Å². The SMILES string of the molecule is CC1=CC(c2cccnc2)=CNC1(n1cnn(C/C(=C/F)CN)c1=O)C(F)(F)F.Cl. The Morgan fingerprint density at radius 2 is 2.13 bits per heavy atom. The van der Waals surface area contributed by atoms with Crippen molar-refractivity contribution in [2.24, 2.45) is 5.73 Å². The van der Waals surface area contributed by atoms with Crippen molar-refractivity contribution >= 4 is 18.0 Å². The minimum Gasteiger partial charge on any atom is -0.357 e. The number of hydrogen-bond acceptors (Lipinski definition) is 5. The molecule has 0 saturated carbocycles. The number of nitrogens with zero attached hydrogens (tertiary/aromatic N) is 4. The maximum atomic E-state index is 14.2. The molecule has 0 aromatic carbocycles. The number of rotatable bonds is 5. The van der Waals surface area contributed by atoms with Gasteiger partial charge in [0.2, 0.25) is 5.66 Å². The predicted molar refractivity (Wildman–Crippen MR) is 105 cm³/mol. The van der Waals surface area contributed by atoms with E-state index in [1.165, 1.54) is 25.4 Å². The molecular formula is C18H19ClF4N6O. The van der Waals surface area contributed by atoms with Gasteiger partial charge in [0.25, 0.3) is 0 Å². The van der Waals surface area contributed by atoms with Gasteiger partial charge in [-0.05, 0) is 35.8 Å². The zero-order valence-electron chi connectivity index (χ0n) is 15.7. The van der Waals surface area contributed by atoms with Gasteiger partial charge in [0, 0.05) is 30.7 Å². The number of nitrogens with one attached hydrogen (secondary N) is 1. The summed E-state index contributed by atoms with van der Waals surface area (Å²) < 4.78 is 56.6. The Morgan fingerprint density at radius 1 is 1.40 bits per heavy atom. The van der Waals surface area contributed by atoms with Gasteiger partial charge in [-0.2, -0.15) is 18.3 Å². The maximum absolute atomic E-state index is 14.2. The van der Waals surface area contributed by atoms with E-state index in [1.807, 2.05) is 0 Å². The molecule has 1 aliphatic rings. The van der Waals surface area contributed by atoms with E-state index in [0.29, 0.717) is 15.7 Å². The first-order valence-corrected chi connectivity index (χ1v) is 8.51. The van der Waals surface area contributed by atoms with Crippen LogP contribution in [0, 0.1) is 0 Å². The molecule has 12 heteroatoms. The van der Waals surface area contributed by atoms with Crippen LogP contribution in [-0.4, -0.2) is 32.1 Å². The molecule has 0 saturated heterocycles. The number of pyridine rings is 1. The molecule has 3 N–H and O–H groups in total. The summed E-state index contributed by atoms with van der Waals surface area (Å²) in [5.41, 5.74) is 2.37. The van der Waals surface area contributed by atoms with E-state index >= 15 is 0 Å². The molecule has 1 aliphatic heterocycles. The van der Waals surface area contributed by atoms with Crippen molar-refractivity contribution in [2.45, 2.75) is 25.3 Å². The number of dihydropyridines is 1. The number of hydrogen-bond donors (Lipinski definition) is 2. The molecule has 162 valence electrons. The summed E-state index contributed by atoms with van der Waals surface area (Å²) in [6.45, 7) is 0.710. The van der Waals surface area contributed by atoms with Crippen molar-refractivity contribution in [2.75, 3.05) is 6.54 Å². The minimum absolute atomic E-state index is 0. The summed E-state index contributed by atoms with van der Waals surface area (Å²) in [6, 6.07) is 3.36. The first-order chi connectivity index (χ1) is 13.7. The second-order valence-electron chi connectivity index (χ2n) is 6.43. The van der Waals surface area contributed by atoms with E-state index < -0.39 is 17.5 Å². The molecule has 0 bridgehead atoms. The fourth-order valence-corrected chi connectivity index (χ4v) is 3.09. The van der Waals surface area contributed by atoms with Crippen molar-refractivity contribution in [1.29, 1.82) is 0 Å². The molecule has 2 aromatic rings. The molecule has 0 radical (unpaired) electrons. The van der Waals surface area contributed by atoms with Crippen molar-refractivity contribution in [3.05, 3.63) is 76.7 Å². The van der Waals surface area contributed by atoms with E-state index in [-0.39, 0.29) is 43.0 Å². The summed E-state index contributed by atoms with van der Waals surface area (Å²) in [6.07, 6.45) is 1.67. The van der Waals surface area contributed by atoms with Crippen LogP contribution in [0.5, 0.6) is 0 Å². The Bertz CT molecular complexity index is 1040. The minimum atomic E-state index is -4.88. The van der Waals surface area contributed by atoms with Crippen LogP contribution in [0.3, 0.4) is 0 Å². The zero-order chi connectivity index (χ0) is 21.2. The van der Waals surface area contributed by atoms with Crippen LogP contribution in [0.15, 0.2) is 65.4 Å². The van der Waals surface area contributed by atoms with Crippen LogP contribution in [0.25, 0.3) is 5.57 Å². The molecule has 0 spiro atoms. The van der Waals surface area contributed by atoms with Gasteiger partial charge in [-0.3, -0.25) is 4.98 Å². The number of nitrogens with two attached hydrogens (primary N) is 1. The average Bonchev–Trinajstić information content (AvgIpc) is 3.06. The van der Waals surface area contributed by atoms with Crippen molar-refractivity contribution < 1.29 is 17.6 Å². The summed E-state index contributed by atoms with van der Waals surface area (Å²) in [7, 11) is 0. The van der Waals surface area contributed by atoms with E-state index in [2.05, 4.69) is 15.4 Å². The van der Waals surface area contributed by atoms with Gasteiger partial charge in [0.05, 0.1) is 12.9 Å². The second-order valence-corrected chi connectivity index (χ2v) is 6.43. The molecule has 0 amide bonds. The summed E-state index contributed by atoms with van der Waals surface area (Å²) in [4.78, 5) is 16.6. The number of aromatic nitrogens is 4. The van der Waals surface area contributed by atoms with E-state index in [0.717, 1.165) is 11.0 Å². The summed E-state index contributed by atoms with van der Waals surface area (Å²) in [5.74, 6) is 0. The monoisotopic (exact) mass is 446 g/mol. The average molecular weight is 447 g/mol. The van der Waals surface area contributed by atoms with Gasteiger partial charge in [-0.15, -0.1) is 12.4 Å². The maximum Gasteiger partial charge on any atom is 0.435 e. The largest absolute Gasteiger partial charge is 0.435 e. The number of halogens is 5. The Hall–Kier alpha value is -2.92. The molecule has 0 fully saturated rings.